The molecule has 0 aromatic rings. The lowest BCUT2D eigenvalue weighted by Gasteiger charge is -2.30. The van der Waals surface area contributed by atoms with Gasteiger partial charge in [-0.1, -0.05) is 0 Å². The summed E-state index contributed by atoms with van der Waals surface area (Å²) in [6.45, 7) is 16.5. The molecule has 0 saturated carbocycles. The van der Waals surface area contributed by atoms with Gasteiger partial charge in [0.1, 0.15) is 0 Å². The number of carbonyl (C=O) groups excluding carboxylic acids is 1. The first-order valence-corrected chi connectivity index (χ1v) is 8.40. The van der Waals surface area contributed by atoms with Crippen LogP contribution in [0.3, 0.4) is 0 Å². The Morgan fingerprint density at radius 1 is 1.05 bits per heavy atom. The number of nitrogens with zero attached hydrogens (tertiary/aromatic N) is 2. The third kappa shape index (κ3) is 10.4. The summed E-state index contributed by atoms with van der Waals surface area (Å²) < 4.78 is 0. The van der Waals surface area contributed by atoms with Crippen molar-refractivity contribution in [1.29, 1.82) is 0 Å². The highest BCUT2D eigenvalue weighted by Crippen LogP contribution is 2.05. The van der Waals surface area contributed by atoms with Crippen molar-refractivity contribution in [1.82, 2.24) is 20.9 Å². The van der Waals surface area contributed by atoms with E-state index in [0.717, 1.165) is 32.0 Å². The monoisotopic (exact) mass is 313 g/mol. The third-order valence-electron chi connectivity index (χ3n) is 3.31. The molecule has 0 aliphatic carbocycles. The number of guanidine groups is 1. The second kappa shape index (κ2) is 12.3. The van der Waals surface area contributed by atoms with Crippen LogP contribution >= 0.6 is 0 Å². The van der Waals surface area contributed by atoms with Gasteiger partial charge in [0.05, 0.1) is 0 Å². The number of amides is 1. The molecule has 0 heterocycles. The van der Waals surface area contributed by atoms with E-state index in [2.05, 4.69) is 53.5 Å². The molecule has 0 saturated heterocycles. The Hall–Kier alpha value is -1.30. The maximum absolute atomic E-state index is 10.8. The summed E-state index contributed by atoms with van der Waals surface area (Å²) in [7, 11) is 0. The predicted octanol–water partition coefficient (Wildman–Crippen LogP) is 1.19. The summed E-state index contributed by atoms with van der Waals surface area (Å²) in [4.78, 5) is 17.9. The van der Waals surface area contributed by atoms with E-state index in [1.54, 1.807) is 0 Å². The van der Waals surface area contributed by atoms with Gasteiger partial charge in [0.2, 0.25) is 5.91 Å². The highest BCUT2D eigenvalue weighted by molar-refractivity contribution is 5.79. The van der Waals surface area contributed by atoms with Gasteiger partial charge in [0.15, 0.2) is 5.96 Å². The molecule has 0 fully saturated rings. The van der Waals surface area contributed by atoms with E-state index < -0.39 is 0 Å². The molecule has 1 amide bonds. The summed E-state index contributed by atoms with van der Waals surface area (Å²) in [5.41, 5.74) is 0. The Morgan fingerprint density at radius 3 is 2.14 bits per heavy atom. The third-order valence-corrected chi connectivity index (χ3v) is 3.31. The molecule has 0 unspecified atom stereocenters. The highest BCUT2D eigenvalue weighted by atomic mass is 16.1. The average molecular weight is 313 g/mol. The summed E-state index contributed by atoms with van der Waals surface area (Å²) >= 11 is 0. The predicted molar refractivity (Wildman–Crippen MR) is 94.3 cm³/mol. The lowest BCUT2D eigenvalue weighted by atomic mass is 10.2. The molecule has 0 aromatic carbocycles. The first-order valence-electron chi connectivity index (χ1n) is 8.40. The lowest BCUT2D eigenvalue weighted by Crippen LogP contribution is -2.41. The van der Waals surface area contributed by atoms with E-state index in [1.807, 2.05) is 6.92 Å². The van der Waals surface area contributed by atoms with Crippen molar-refractivity contribution in [2.45, 2.75) is 60.0 Å². The van der Waals surface area contributed by atoms with Crippen LogP contribution in [0.25, 0.3) is 0 Å². The SMILES string of the molecule is CCNC(=NCCCN(C(C)C)C(C)C)NCCNC(C)=O. The number of hydrogen-bond acceptors (Lipinski definition) is 3. The average Bonchev–Trinajstić information content (AvgIpc) is 2.41. The van der Waals surface area contributed by atoms with Gasteiger partial charge in [-0.15, -0.1) is 0 Å². The summed E-state index contributed by atoms with van der Waals surface area (Å²) in [6, 6.07) is 1.13. The van der Waals surface area contributed by atoms with Crippen LogP contribution < -0.4 is 16.0 Å². The minimum Gasteiger partial charge on any atom is -0.357 e. The molecule has 0 aliphatic rings. The zero-order valence-corrected chi connectivity index (χ0v) is 15.2. The second-order valence-electron chi connectivity index (χ2n) is 5.95. The Bertz CT molecular complexity index is 320. The fourth-order valence-electron chi connectivity index (χ4n) is 2.32. The number of rotatable bonds is 10. The van der Waals surface area contributed by atoms with Gasteiger partial charge >= 0.3 is 0 Å². The summed E-state index contributed by atoms with van der Waals surface area (Å²) in [5, 5.41) is 9.20. The van der Waals surface area contributed by atoms with Crippen molar-refractivity contribution < 1.29 is 4.79 Å². The van der Waals surface area contributed by atoms with Gasteiger partial charge in [-0.05, 0) is 41.0 Å². The van der Waals surface area contributed by atoms with Crippen molar-refractivity contribution >= 4 is 11.9 Å². The van der Waals surface area contributed by atoms with Crippen LogP contribution in [0.5, 0.6) is 0 Å². The molecule has 22 heavy (non-hydrogen) atoms. The lowest BCUT2D eigenvalue weighted by molar-refractivity contribution is -0.118. The zero-order chi connectivity index (χ0) is 17.0. The minimum absolute atomic E-state index is 0.00815. The summed E-state index contributed by atoms with van der Waals surface area (Å²) in [5.74, 6) is 0.805. The molecular formula is C16H35N5O. The number of carbonyl (C=O) groups is 1. The smallest absolute Gasteiger partial charge is 0.216 e. The fourth-order valence-corrected chi connectivity index (χ4v) is 2.32. The molecule has 0 aromatic heterocycles. The summed E-state index contributed by atoms with van der Waals surface area (Å²) in [6.07, 6.45) is 1.04. The Morgan fingerprint density at radius 2 is 1.64 bits per heavy atom. The molecule has 6 heteroatoms. The molecule has 3 N–H and O–H groups in total. The normalized spacial score (nSPS) is 12.1. The van der Waals surface area contributed by atoms with Crippen LogP contribution in [0.2, 0.25) is 0 Å². The zero-order valence-electron chi connectivity index (χ0n) is 15.2. The maximum atomic E-state index is 10.8. The van der Waals surface area contributed by atoms with Crippen LogP contribution in [0.15, 0.2) is 4.99 Å². The van der Waals surface area contributed by atoms with Gasteiger partial charge in [0, 0.05) is 51.7 Å². The first kappa shape index (κ1) is 20.7. The largest absolute Gasteiger partial charge is 0.357 e. The quantitative estimate of drug-likeness (QED) is 0.322. The van der Waals surface area contributed by atoms with Crippen LogP contribution in [0, 0.1) is 0 Å². The highest BCUT2D eigenvalue weighted by Gasteiger charge is 2.12. The minimum atomic E-state index is -0.00815. The molecular weight excluding hydrogens is 278 g/mol. The Labute approximate surface area is 136 Å². The van der Waals surface area contributed by atoms with Crippen LogP contribution in [0.4, 0.5) is 0 Å². The molecule has 6 nitrogen and oxygen atoms in total. The Kier molecular flexibility index (Phi) is 11.5. The topological polar surface area (TPSA) is 68.8 Å². The molecule has 0 atom stereocenters. The van der Waals surface area contributed by atoms with Gasteiger partial charge in [0.25, 0.3) is 0 Å². The molecule has 0 spiro atoms. The van der Waals surface area contributed by atoms with Gasteiger partial charge in [-0.3, -0.25) is 14.7 Å². The number of aliphatic imine (C=N–C) groups is 1. The standard InChI is InChI=1S/C16H35N5O/c1-7-17-16(20-11-10-18-15(6)22)19-9-8-12-21(13(2)3)14(4)5/h13-14H,7-12H2,1-6H3,(H,18,22)(H2,17,19,20). The van der Waals surface area contributed by atoms with E-state index in [4.69, 9.17) is 0 Å². The van der Waals surface area contributed by atoms with Gasteiger partial charge in [-0.2, -0.15) is 0 Å². The second-order valence-corrected chi connectivity index (χ2v) is 5.95. The molecule has 0 aliphatic heterocycles. The molecule has 0 radical (unpaired) electrons. The van der Waals surface area contributed by atoms with Crippen LogP contribution in [0.1, 0.15) is 48.0 Å². The van der Waals surface area contributed by atoms with Crippen molar-refractivity contribution in [3.63, 3.8) is 0 Å². The van der Waals surface area contributed by atoms with E-state index in [-0.39, 0.29) is 5.91 Å². The van der Waals surface area contributed by atoms with E-state index in [1.165, 1.54) is 6.92 Å². The van der Waals surface area contributed by atoms with E-state index >= 15 is 0 Å². The van der Waals surface area contributed by atoms with Crippen LogP contribution in [-0.4, -0.2) is 61.6 Å². The fraction of sp³-hybridized carbons (Fsp3) is 0.875. The van der Waals surface area contributed by atoms with Crippen molar-refractivity contribution in [3.8, 4) is 0 Å². The maximum Gasteiger partial charge on any atom is 0.216 e. The number of nitrogens with one attached hydrogen (secondary N) is 3. The van der Waals surface area contributed by atoms with Gasteiger partial charge < -0.3 is 16.0 Å². The van der Waals surface area contributed by atoms with Crippen LogP contribution in [-0.2, 0) is 4.79 Å². The van der Waals surface area contributed by atoms with Crippen molar-refractivity contribution in [3.05, 3.63) is 0 Å². The number of hydrogen-bond donors (Lipinski definition) is 3. The van der Waals surface area contributed by atoms with Crippen molar-refractivity contribution in [2.75, 3.05) is 32.7 Å². The molecule has 130 valence electrons. The molecule has 0 bridgehead atoms. The van der Waals surface area contributed by atoms with Crippen molar-refractivity contribution in [2.24, 2.45) is 4.99 Å². The van der Waals surface area contributed by atoms with E-state index in [9.17, 15) is 4.79 Å². The molecule has 0 rings (SSSR count). The van der Waals surface area contributed by atoms with E-state index in [0.29, 0.717) is 25.2 Å². The Balaban J connectivity index is 4.12. The first-order chi connectivity index (χ1) is 10.4. The van der Waals surface area contributed by atoms with Gasteiger partial charge in [-0.25, -0.2) is 0 Å².